The monoisotopic (exact) mass is 173 g/mol. The maximum absolute atomic E-state index is 3.49. The van der Waals surface area contributed by atoms with Gasteiger partial charge in [-0.2, -0.15) is 0 Å². The highest BCUT2D eigenvalue weighted by atomic mass is 15.0. The van der Waals surface area contributed by atoms with Crippen LogP contribution >= 0.6 is 0 Å². The lowest BCUT2D eigenvalue weighted by Crippen LogP contribution is -2.35. The lowest BCUT2D eigenvalue weighted by molar-refractivity contribution is 0.381. The van der Waals surface area contributed by atoms with Crippen molar-refractivity contribution >= 4 is 0 Å². The number of aryl methyl sites for hydroxylation is 1. The number of rotatable bonds is 1. The van der Waals surface area contributed by atoms with Crippen LogP contribution in [-0.4, -0.2) is 6.54 Å². The van der Waals surface area contributed by atoms with Crippen molar-refractivity contribution in [2.24, 2.45) is 0 Å². The van der Waals surface area contributed by atoms with E-state index in [1.54, 1.807) is 16.7 Å². The van der Waals surface area contributed by atoms with Crippen molar-refractivity contribution in [1.29, 1.82) is 0 Å². The minimum Gasteiger partial charge on any atom is -0.310 e. The molecule has 0 radical (unpaired) electrons. The summed E-state index contributed by atoms with van der Waals surface area (Å²) in [4.78, 5) is 0. The fraction of sp³-hybridized carbons (Fsp3) is 0.500. The van der Waals surface area contributed by atoms with Gasteiger partial charge in [0, 0.05) is 6.04 Å². The van der Waals surface area contributed by atoms with Crippen molar-refractivity contribution in [1.82, 2.24) is 5.32 Å². The molecule has 3 rings (SSSR count). The van der Waals surface area contributed by atoms with Crippen molar-refractivity contribution in [3.63, 3.8) is 0 Å². The Morgan fingerprint density at radius 2 is 2.15 bits per heavy atom. The van der Waals surface area contributed by atoms with Crippen LogP contribution in [0.15, 0.2) is 18.2 Å². The molecule has 1 aliphatic heterocycles. The van der Waals surface area contributed by atoms with E-state index in [2.05, 4.69) is 23.5 Å². The van der Waals surface area contributed by atoms with Crippen LogP contribution in [0.25, 0.3) is 0 Å². The summed E-state index contributed by atoms with van der Waals surface area (Å²) in [5.74, 6) is 0. The van der Waals surface area contributed by atoms with Gasteiger partial charge in [-0.25, -0.2) is 0 Å². The van der Waals surface area contributed by atoms with Crippen molar-refractivity contribution in [3.8, 4) is 0 Å². The summed E-state index contributed by atoms with van der Waals surface area (Å²) in [6, 6.07) is 7.50. The van der Waals surface area contributed by atoms with Gasteiger partial charge in [0.05, 0.1) is 0 Å². The highest BCUT2D eigenvalue weighted by molar-refractivity contribution is 5.40. The maximum Gasteiger partial charge on any atom is 0.0335 e. The van der Waals surface area contributed by atoms with E-state index in [0.29, 0.717) is 6.04 Å². The van der Waals surface area contributed by atoms with E-state index in [1.807, 2.05) is 0 Å². The van der Waals surface area contributed by atoms with Crippen LogP contribution in [0.2, 0.25) is 0 Å². The second-order valence-electron chi connectivity index (χ2n) is 4.13. The summed E-state index contributed by atoms with van der Waals surface area (Å²) in [6.45, 7) is 1.20. The van der Waals surface area contributed by atoms with Gasteiger partial charge in [0.2, 0.25) is 0 Å². The summed E-state index contributed by atoms with van der Waals surface area (Å²) in [6.07, 6.45) is 5.30. The Balaban J connectivity index is 2.04. The zero-order valence-electron chi connectivity index (χ0n) is 7.84. The topological polar surface area (TPSA) is 12.0 Å². The summed E-state index contributed by atoms with van der Waals surface area (Å²) in [7, 11) is 0. The molecule has 0 aromatic heterocycles. The molecule has 1 fully saturated rings. The van der Waals surface area contributed by atoms with Gasteiger partial charge in [-0.05, 0) is 48.9 Å². The number of hydrogen-bond donors (Lipinski definition) is 1. The average molecular weight is 173 g/mol. The molecule has 2 aliphatic rings. The Labute approximate surface area is 79.2 Å². The Morgan fingerprint density at radius 3 is 2.92 bits per heavy atom. The molecule has 0 amide bonds. The Bertz CT molecular complexity index is 326. The van der Waals surface area contributed by atoms with E-state index in [1.165, 1.54) is 32.2 Å². The zero-order chi connectivity index (χ0) is 8.67. The minimum absolute atomic E-state index is 0.674. The van der Waals surface area contributed by atoms with Crippen LogP contribution < -0.4 is 5.32 Å². The first-order chi connectivity index (χ1) is 6.45. The van der Waals surface area contributed by atoms with Crippen molar-refractivity contribution in [2.75, 3.05) is 6.54 Å². The average Bonchev–Trinajstić information content (AvgIpc) is 2.49. The fourth-order valence-electron chi connectivity index (χ4n) is 2.53. The quantitative estimate of drug-likeness (QED) is 0.686. The van der Waals surface area contributed by atoms with Crippen molar-refractivity contribution < 1.29 is 0 Å². The SMILES string of the molecule is c1cc2c(c(C3CCN3)c1)CCC2. The number of benzene rings is 1. The molecule has 1 heterocycles. The summed E-state index contributed by atoms with van der Waals surface area (Å²) in [5, 5.41) is 3.49. The Kier molecular flexibility index (Phi) is 1.66. The summed E-state index contributed by atoms with van der Waals surface area (Å²) in [5.41, 5.74) is 4.84. The van der Waals surface area contributed by atoms with Crippen molar-refractivity contribution in [2.45, 2.75) is 31.7 Å². The highest BCUT2D eigenvalue weighted by Crippen LogP contribution is 2.32. The predicted octanol–water partition coefficient (Wildman–Crippen LogP) is 2.21. The first-order valence-electron chi connectivity index (χ1n) is 5.29. The molecule has 0 saturated carbocycles. The molecule has 13 heavy (non-hydrogen) atoms. The Hall–Kier alpha value is -0.820. The predicted molar refractivity (Wildman–Crippen MR) is 53.8 cm³/mol. The second kappa shape index (κ2) is 2.85. The molecule has 1 N–H and O–H groups in total. The van der Waals surface area contributed by atoms with Crippen LogP contribution in [0.3, 0.4) is 0 Å². The lowest BCUT2D eigenvalue weighted by atomic mass is 9.92. The molecule has 0 spiro atoms. The van der Waals surface area contributed by atoms with Gasteiger partial charge < -0.3 is 5.32 Å². The first-order valence-corrected chi connectivity index (χ1v) is 5.29. The van der Waals surface area contributed by atoms with Gasteiger partial charge in [0.25, 0.3) is 0 Å². The van der Waals surface area contributed by atoms with Crippen LogP contribution in [0.1, 0.15) is 35.6 Å². The summed E-state index contributed by atoms with van der Waals surface area (Å²) < 4.78 is 0. The standard InChI is InChI=1S/C12H15N/c1-3-9-4-2-6-11(10(9)5-1)12-7-8-13-12/h2,4,6,12-13H,1,3,5,7-8H2. The smallest absolute Gasteiger partial charge is 0.0335 e. The van der Waals surface area contributed by atoms with E-state index < -0.39 is 0 Å². The molecular formula is C12H15N. The molecule has 1 saturated heterocycles. The van der Waals surface area contributed by atoms with E-state index >= 15 is 0 Å². The molecular weight excluding hydrogens is 158 g/mol. The zero-order valence-corrected chi connectivity index (χ0v) is 7.84. The summed E-state index contributed by atoms with van der Waals surface area (Å²) >= 11 is 0. The van der Waals surface area contributed by atoms with E-state index in [-0.39, 0.29) is 0 Å². The largest absolute Gasteiger partial charge is 0.310 e. The van der Waals surface area contributed by atoms with Gasteiger partial charge in [-0.3, -0.25) is 0 Å². The van der Waals surface area contributed by atoms with E-state index in [0.717, 1.165) is 0 Å². The highest BCUT2D eigenvalue weighted by Gasteiger charge is 2.23. The lowest BCUT2D eigenvalue weighted by Gasteiger charge is -2.29. The van der Waals surface area contributed by atoms with Crippen LogP contribution in [0.4, 0.5) is 0 Å². The fourth-order valence-corrected chi connectivity index (χ4v) is 2.53. The second-order valence-corrected chi connectivity index (χ2v) is 4.13. The van der Waals surface area contributed by atoms with Gasteiger partial charge in [-0.15, -0.1) is 0 Å². The molecule has 1 atom stereocenters. The van der Waals surface area contributed by atoms with E-state index in [4.69, 9.17) is 0 Å². The normalized spacial score (nSPS) is 25.4. The third-order valence-electron chi connectivity index (χ3n) is 3.38. The maximum atomic E-state index is 3.49. The van der Waals surface area contributed by atoms with Crippen LogP contribution in [-0.2, 0) is 12.8 Å². The molecule has 0 bridgehead atoms. The van der Waals surface area contributed by atoms with Gasteiger partial charge >= 0.3 is 0 Å². The van der Waals surface area contributed by atoms with Crippen LogP contribution in [0, 0.1) is 0 Å². The van der Waals surface area contributed by atoms with Crippen LogP contribution in [0.5, 0.6) is 0 Å². The third-order valence-corrected chi connectivity index (χ3v) is 3.38. The molecule has 1 aromatic carbocycles. The third kappa shape index (κ3) is 1.11. The van der Waals surface area contributed by atoms with Gasteiger partial charge in [0.15, 0.2) is 0 Å². The number of nitrogens with one attached hydrogen (secondary N) is 1. The molecule has 1 aliphatic carbocycles. The van der Waals surface area contributed by atoms with Gasteiger partial charge in [0.1, 0.15) is 0 Å². The number of fused-ring (bicyclic) bond motifs is 1. The Morgan fingerprint density at radius 1 is 1.23 bits per heavy atom. The first kappa shape index (κ1) is 7.57. The number of hydrogen-bond acceptors (Lipinski definition) is 1. The molecule has 1 nitrogen and oxygen atoms in total. The minimum atomic E-state index is 0.674. The van der Waals surface area contributed by atoms with Crippen molar-refractivity contribution in [3.05, 3.63) is 34.9 Å². The molecule has 1 heteroatoms. The van der Waals surface area contributed by atoms with Gasteiger partial charge in [-0.1, -0.05) is 18.2 Å². The van der Waals surface area contributed by atoms with E-state index in [9.17, 15) is 0 Å². The molecule has 1 aromatic rings. The molecule has 1 unspecified atom stereocenters. The molecule has 68 valence electrons.